The minimum atomic E-state index is -0.175. The molecular formula is C7H7ClO3. The Bertz CT molecular complexity index is 254. The molecule has 0 saturated heterocycles. The largest absolute Gasteiger partial charge is 0.452 e. The molecule has 60 valence electrons. The summed E-state index contributed by atoms with van der Waals surface area (Å²) in [7, 11) is 1.45. The van der Waals surface area contributed by atoms with Gasteiger partial charge in [-0.3, -0.25) is 4.79 Å². The topological polar surface area (TPSA) is 39.4 Å². The predicted octanol–water partition coefficient (Wildman–Crippen LogP) is 1.76. The number of carbonyl (C=O) groups excluding carboxylic acids is 1. The minimum Gasteiger partial charge on any atom is -0.452 e. The van der Waals surface area contributed by atoms with Crippen molar-refractivity contribution in [3.63, 3.8) is 0 Å². The normalized spacial score (nSPS) is 10.0. The van der Waals surface area contributed by atoms with Crippen molar-refractivity contribution in [1.29, 1.82) is 0 Å². The van der Waals surface area contributed by atoms with Crippen LogP contribution in [0.5, 0.6) is 0 Å². The third kappa shape index (κ3) is 1.82. The minimum absolute atomic E-state index is 0.0270. The Kier molecular flexibility index (Phi) is 2.68. The smallest absolute Gasteiger partial charge is 0.203 e. The molecule has 0 unspecified atom stereocenters. The Labute approximate surface area is 68.9 Å². The lowest BCUT2D eigenvalue weighted by Gasteiger charge is -1.94. The van der Waals surface area contributed by atoms with Gasteiger partial charge in [0.15, 0.2) is 5.78 Å². The molecule has 0 aliphatic heterocycles. The molecule has 0 N–H and O–H groups in total. The summed E-state index contributed by atoms with van der Waals surface area (Å²) >= 11 is 5.53. The Morgan fingerprint density at radius 2 is 2.55 bits per heavy atom. The molecule has 0 aliphatic rings. The molecule has 0 radical (unpaired) electrons. The first kappa shape index (κ1) is 8.30. The van der Waals surface area contributed by atoms with E-state index in [1.807, 2.05) is 0 Å². The van der Waals surface area contributed by atoms with Crippen LogP contribution in [0.3, 0.4) is 0 Å². The quantitative estimate of drug-likeness (QED) is 0.656. The number of hydrogen-bond acceptors (Lipinski definition) is 3. The summed E-state index contributed by atoms with van der Waals surface area (Å²) in [4.78, 5) is 11.1. The molecule has 1 aromatic rings. The van der Waals surface area contributed by atoms with Crippen molar-refractivity contribution in [3.8, 4) is 0 Å². The van der Waals surface area contributed by atoms with Gasteiger partial charge in [-0.2, -0.15) is 0 Å². The zero-order valence-corrected chi connectivity index (χ0v) is 6.72. The fraction of sp³-hybridized carbons (Fsp3) is 0.286. The molecule has 0 aliphatic carbocycles. The van der Waals surface area contributed by atoms with Gasteiger partial charge in [-0.05, 0) is 17.7 Å². The fourth-order valence-electron chi connectivity index (χ4n) is 0.702. The maximum atomic E-state index is 11.1. The molecule has 11 heavy (non-hydrogen) atoms. The van der Waals surface area contributed by atoms with E-state index in [1.54, 1.807) is 0 Å². The van der Waals surface area contributed by atoms with Crippen LogP contribution in [0.1, 0.15) is 10.4 Å². The number of furan rings is 1. The standard InChI is InChI=1S/C7H7ClO3/c1-10-4-6(9)5-2-3-11-7(5)8/h2-3H,4H2,1H3. The molecule has 0 fully saturated rings. The van der Waals surface area contributed by atoms with Crippen LogP contribution in [0, 0.1) is 0 Å². The summed E-state index contributed by atoms with van der Waals surface area (Å²) in [6, 6.07) is 1.52. The number of ether oxygens (including phenoxy) is 1. The summed E-state index contributed by atoms with van der Waals surface area (Å²) < 4.78 is 9.35. The van der Waals surface area contributed by atoms with Crippen molar-refractivity contribution in [2.24, 2.45) is 0 Å². The maximum Gasteiger partial charge on any atom is 0.203 e. The van der Waals surface area contributed by atoms with Gasteiger partial charge in [0.05, 0.1) is 11.8 Å². The molecule has 1 rings (SSSR count). The number of hydrogen-bond donors (Lipinski definition) is 0. The van der Waals surface area contributed by atoms with Crippen LogP contribution >= 0.6 is 11.6 Å². The monoisotopic (exact) mass is 174 g/mol. The molecule has 0 aromatic carbocycles. The van der Waals surface area contributed by atoms with Crippen molar-refractivity contribution in [1.82, 2.24) is 0 Å². The number of rotatable bonds is 3. The molecule has 0 spiro atoms. The second-order valence-electron chi connectivity index (χ2n) is 1.96. The van der Waals surface area contributed by atoms with E-state index in [4.69, 9.17) is 16.0 Å². The first-order valence-corrected chi connectivity index (χ1v) is 3.38. The Hall–Kier alpha value is -0.800. The van der Waals surface area contributed by atoms with Gasteiger partial charge in [-0.25, -0.2) is 0 Å². The highest BCUT2D eigenvalue weighted by molar-refractivity contribution is 6.32. The van der Waals surface area contributed by atoms with Crippen molar-refractivity contribution in [3.05, 3.63) is 23.1 Å². The zero-order chi connectivity index (χ0) is 8.27. The van der Waals surface area contributed by atoms with E-state index in [0.717, 1.165) is 0 Å². The molecule has 1 aromatic heterocycles. The number of methoxy groups -OCH3 is 1. The van der Waals surface area contributed by atoms with Gasteiger partial charge >= 0.3 is 0 Å². The second kappa shape index (κ2) is 3.55. The number of ketones is 1. The summed E-state index contributed by atoms with van der Waals surface area (Å²) in [6.45, 7) is 0.0270. The third-order valence-corrected chi connectivity index (χ3v) is 1.49. The molecule has 0 saturated carbocycles. The van der Waals surface area contributed by atoms with E-state index in [1.165, 1.54) is 19.4 Å². The van der Waals surface area contributed by atoms with Crippen LogP contribution < -0.4 is 0 Å². The predicted molar refractivity (Wildman–Crippen MR) is 39.9 cm³/mol. The summed E-state index contributed by atoms with van der Waals surface area (Å²) in [5, 5.41) is 0.118. The van der Waals surface area contributed by atoms with E-state index in [2.05, 4.69) is 4.74 Å². The summed E-state index contributed by atoms with van der Waals surface area (Å²) in [6.07, 6.45) is 1.37. The van der Waals surface area contributed by atoms with Crippen molar-refractivity contribution in [2.45, 2.75) is 0 Å². The van der Waals surface area contributed by atoms with Crippen LogP contribution in [0.4, 0.5) is 0 Å². The van der Waals surface area contributed by atoms with E-state index in [0.29, 0.717) is 5.56 Å². The SMILES string of the molecule is COCC(=O)c1ccoc1Cl. The highest BCUT2D eigenvalue weighted by atomic mass is 35.5. The van der Waals surface area contributed by atoms with Crippen LogP contribution in [0.2, 0.25) is 5.22 Å². The molecule has 3 nitrogen and oxygen atoms in total. The molecular weight excluding hydrogens is 168 g/mol. The fourth-order valence-corrected chi connectivity index (χ4v) is 0.922. The lowest BCUT2D eigenvalue weighted by atomic mass is 10.2. The maximum absolute atomic E-state index is 11.1. The van der Waals surface area contributed by atoms with E-state index in [-0.39, 0.29) is 17.6 Å². The molecule has 0 bridgehead atoms. The number of halogens is 1. The van der Waals surface area contributed by atoms with Gasteiger partial charge in [0, 0.05) is 7.11 Å². The highest BCUT2D eigenvalue weighted by Gasteiger charge is 2.11. The third-order valence-electron chi connectivity index (χ3n) is 1.19. The summed E-state index contributed by atoms with van der Waals surface area (Å²) in [5.74, 6) is -0.175. The molecule has 0 amide bonds. The van der Waals surface area contributed by atoms with Crippen molar-refractivity contribution >= 4 is 17.4 Å². The van der Waals surface area contributed by atoms with Gasteiger partial charge < -0.3 is 9.15 Å². The van der Waals surface area contributed by atoms with E-state index >= 15 is 0 Å². The van der Waals surface area contributed by atoms with Crippen LogP contribution in [-0.2, 0) is 4.74 Å². The number of carbonyl (C=O) groups is 1. The van der Waals surface area contributed by atoms with Gasteiger partial charge in [-0.1, -0.05) is 0 Å². The Morgan fingerprint density at radius 3 is 3.00 bits per heavy atom. The Morgan fingerprint density at radius 1 is 1.82 bits per heavy atom. The molecule has 0 atom stereocenters. The lowest BCUT2D eigenvalue weighted by molar-refractivity contribution is 0.0847. The average molecular weight is 175 g/mol. The van der Waals surface area contributed by atoms with Crippen LogP contribution in [0.15, 0.2) is 16.7 Å². The van der Waals surface area contributed by atoms with Gasteiger partial charge in [0.1, 0.15) is 6.61 Å². The number of Topliss-reactive ketones (excluding diaryl/α,β-unsaturated/α-hetero) is 1. The van der Waals surface area contributed by atoms with Crippen molar-refractivity contribution in [2.75, 3.05) is 13.7 Å². The van der Waals surface area contributed by atoms with Crippen LogP contribution in [-0.4, -0.2) is 19.5 Å². The second-order valence-corrected chi connectivity index (χ2v) is 2.31. The molecule has 1 heterocycles. The first-order chi connectivity index (χ1) is 5.25. The van der Waals surface area contributed by atoms with Gasteiger partial charge in [-0.15, -0.1) is 0 Å². The van der Waals surface area contributed by atoms with Gasteiger partial charge in [0.2, 0.25) is 5.22 Å². The Balaban J connectivity index is 2.76. The summed E-state index contributed by atoms with van der Waals surface area (Å²) in [5.41, 5.74) is 0.369. The van der Waals surface area contributed by atoms with Gasteiger partial charge in [0.25, 0.3) is 0 Å². The van der Waals surface area contributed by atoms with E-state index in [9.17, 15) is 4.79 Å². The zero-order valence-electron chi connectivity index (χ0n) is 5.96. The lowest BCUT2D eigenvalue weighted by Crippen LogP contribution is -2.05. The van der Waals surface area contributed by atoms with E-state index < -0.39 is 0 Å². The first-order valence-electron chi connectivity index (χ1n) is 3.01. The highest BCUT2D eigenvalue weighted by Crippen LogP contribution is 2.16. The van der Waals surface area contributed by atoms with Crippen LogP contribution in [0.25, 0.3) is 0 Å². The molecule has 4 heteroatoms. The van der Waals surface area contributed by atoms with Crippen molar-refractivity contribution < 1.29 is 13.9 Å². The average Bonchev–Trinajstić information content (AvgIpc) is 2.36.